The lowest BCUT2D eigenvalue weighted by Crippen LogP contribution is -2.31. The second-order valence-corrected chi connectivity index (χ2v) is 10.6. The van der Waals surface area contributed by atoms with Crippen LogP contribution in [0, 0.1) is 0 Å². The molecule has 2 aliphatic heterocycles. The maximum atomic E-state index is 12.0. The quantitative estimate of drug-likeness (QED) is 0.470. The predicted molar refractivity (Wildman–Crippen MR) is 138 cm³/mol. The topological polar surface area (TPSA) is 68.1 Å². The molecule has 2 aliphatic rings. The predicted octanol–water partition coefficient (Wildman–Crippen LogP) is 6.08. The average molecular weight is 470 g/mol. The monoisotopic (exact) mass is 469 g/mol. The molecule has 2 heterocycles. The second-order valence-electron chi connectivity index (χ2n) is 10.6. The van der Waals surface area contributed by atoms with E-state index >= 15 is 0 Å². The lowest BCUT2D eigenvalue weighted by atomic mass is 9.74. The van der Waals surface area contributed by atoms with Crippen molar-refractivity contribution >= 4 is 11.7 Å². The Kier molecular flexibility index (Phi) is 5.47. The van der Waals surface area contributed by atoms with Gasteiger partial charge in [-0.05, 0) is 61.7 Å². The first-order chi connectivity index (χ1) is 16.6. The van der Waals surface area contributed by atoms with Crippen LogP contribution in [0.25, 0.3) is 11.1 Å². The molecule has 0 atom stereocenters. The molecule has 5 rings (SSSR count). The highest BCUT2D eigenvalue weighted by Gasteiger charge is 2.40. The smallest absolute Gasteiger partial charge is 0.338 e. The zero-order valence-electron chi connectivity index (χ0n) is 20.9. The Morgan fingerprint density at radius 3 is 2.46 bits per heavy atom. The molecular formula is C30H31NO4. The van der Waals surface area contributed by atoms with Gasteiger partial charge in [0.15, 0.2) is 11.5 Å². The standard InChI is InChI=1S/C30H31NO4/c1-6-34-28(33)19-12-10-18(11-13-19)20-8-7-9-21(14-20)26-25-22-16-30(4,5)35-27(22)24(32)15-23(25)29(2,3)17-31-26/h7-15,32H,6,16-17H2,1-5H3. The number of rotatable bonds is 4. The SMILES string of the molecule is CCOC(=O)c1ccc(-c2cccc(C3=NCC(C)(C)c4cc(O)c5c(c43)CC(C)(C)O5)c2)cc1. The van der Waals surface area contributed by atoms with E-state index in [-0.39, 0.29) is 22.7 Å². The Labute approximate surface area is 206 Å². The zero-order valence-corrected chi connectivity index (χ0v) is 20.9. The highest BCUT2D eigenvalue weighted by Crippen LogP contribution is 2.49. The van der Waals surface area contributed by atoms with Crippen molar-refractivity contribution in [2.45, 2.75) is 52.1 Å². The molecule has 0 amide bonds. The Balaban J connectivity index is 1.58. The third-order valence-electron chi connectivity index (χ3n) is 6.80. The van der Waals surface area contributed by atoms with E-state index in [2.05, 4.69) is 32.0 Å². The summed E-state index contributed by atoms with van der Waals surface area (Å²) >= 11 is 0. The van der Waals surface area contributed by atoms with Crippen molar-refractivity contribution in [1.82, 2.24) is 0 Å². The van der Waals surface area contributed by atoms with Crippen LogP contribution in [0.2, 0.25) is 0 Å². The summed E-state index contributed by atoms with van der Waals surface area (Å²) in [5.74, 6) is 0.463. The third kappa shape index (κ3) is 4.09. The number of benzene rings is 3. The van der Waals surface area contributed by atoms with Gasteiger partial charge in [-0.15, -0.1) is 0 Å². The maximum Gasteiger partial charge on any atom is 0.338 e. The first-order valence-corrected chi connectivity index (χ1v) is 12.1. The summed E-state index contributed by atoms with van der Waals surface area (Å²) in [6, 6.07) is 17.7. The molecule has 5 nitrogen and oxygen atoms in total. The molecule has 5 heteroatoms. The number of ether oxygens (including phenoxy) is 2. The Bertz CT molecular complexity index is 1350. The number of hydrogen-bond donors (Lipinski definition) is 1. The average Bonchev–Trinajstić information content (AvgIpc) is 3.16. The van der Waals surface area contributed by atoms with Crippen LogP contribution in [0.5, 0.6) is 11.5 Å². The number of esters is 1. The number of carbonyl (C=O) groups excluding carboxylic acids is 1. The molecule has 180 valence electrons. The number of phenolic OH excluding ortho intramolecular Hbond substituents is 1. The van der Waals surface area contributed by atoms with Gasteiger partial charge in [0.25, 0.3) is 0 Å². The Hall–Kier alpha value is -3.60. The summed E-state index contributed by atoms with van der Waals surface area (Å²) in [5, 5.41) is 10.8. The van der Waals surface area contributed by atoms with Gasteiger partial charge in [0, 0.05) is 35.1 Å². The fraction of sp³-hybridized carbons (Fsp3) is 0.333. The largest absolute Gasteiger partial charge is 0.504 e. The number of fused-ring (bicyclic) bond motifs is 3. The molecule has 0 spiro atoms. The summed E-state index contributed by atoms with van der Waals surface area (Å²) < 4.78 is 11.2. The zero-order chi connectivity index (χ0) is 25.0. The number of carbonyl (C=O) groups is 1. The molecule has 0 bridgehead atoms. The molecule has 35 heavy (non-hydrogen) atoms. The van der Waals surface area contributed by atoms with Gasteiger partial charge in [0.1, 0.15) is 5.60 Å². The highest BCUT2D eigenvalue weighted by molar-refractivity contribution is 6.16. The lowest BCUT2D eigenvalue weighted by molar-refractivity contribution is 0.0526. The Morgan fingerprint density at radius 2 is 1.74 bits per heavy atom. The maximum absolute atomic E-state index is 12.0. The van der Waals surface area contributed by atoms with Crippen molar-refractivity contribution in [1.29, 1.82) is 0 Å². The number of nitrogens with zero attached hydrogens (tertiary/aromatic N) is 1. The summed E-state index contributed by atoms with van der Waals surface area (Å²) in [7, 11) is 0. The number of aromatic hydroxyl groups is 1. The molecule has 0 aliphatic carbocycles. The molecule has 0 saturated heterocycles. The van der Waals surface area contributed by atoms with E-state index in [1.165, 1.54) is 0 Å². The van der Waals surface area contributed by atoms with Crippen LogP contribution in [-0.4, -0.2) is 35.5 Å². The van der Waals surface area contributed by atoms with E-state index in [0.717, 1.165) is 39.1 Å². The minimum absolute atomic E-state index is 0.196. The number of hydrogen-bond acceptors (Lipinski definition) is 5. The molecule has 0 fully saturated rings. The molecule has 0 saturated carbocycles. The summed E-state index contributed by atoms with van der Waals surface area (Å²) in [5.41, 5.74) is 7.17. The van der Waals surface area contributed by atoms with Crippen molar-refractivity contribution < 1.29 is 19.4 Å². The van der Waals surface area contributed by atoms with Crippen LogP contribution >= 0.6 is 0 Å². The van der Waals surface area contributed by atoms with Crippen LogP contribution in [0.3, 0.4) is 0 Å². The Morgan fingerprint density at radius 1 is 1.03 bits per heavy atom. The van der Waals surface area contributed by atoms with Gasteiger partial charge >= 0.3 is 5.97 Å². The number of phenols is 1. The van der Waals surface area contributed by atoms with Gasteiger partial charge in [-0.25, -0.2) is 4.79 Å². The summed E-state index contributed by atoms with van der Waals surface area (Å²) in [6.45, 7) is 11.2. The van der Waals surface area contributed by atoms with E-state index < -0.39 is 0 Å². The van der Waals surface area contributed by atoms with Crippen LogP contribution in [0.4, 0.5) is 0 Å². The minimum Gasteiger partial charge on any atom is -0.504 e. The van der Waals surface area contributed by atoms with E-state index in [4.69, 9.17) is 14.5 Å². The van der Waals surface area contributed by atoms with Crippen LogP contribution in [0.15, 0.2) is 59.6 Å². The van der Waals surface area contributed by atoms with E-state index in [1.54, 1.807) is 19.1 Å². The van der Waals surface area contributed by atoms with Crippen LogP contribution in [0.1, 0.15) is 67.2 Å². The van der Waals surface area contributed by atoms with Crippen molar-refractivity contribution in [3.8, 4) is 22.6 Å². The van der Waals surface area contributed by atoms with E-state index in [0.29, 0.717) is 30.9 Å². The highest BCUT2D eigenvalue weighted by atomic mass is 16.5. The van der Waals surface area contributed by atoms with Crippen LogP contribution in [-0.2, 0) is 16.6 Å². The van der Waals surface area contributed by atoms with Gasteiger partial charge in [0.2, 0.25) is 0 Å². The normalized spacial score (nSPS) is 17.1. The van der Waals surface area contributed by atoms with Crippen LogP contribution < -0.4 is 4.74 Å². The van der Waals surface area contributed by atoms with Crippen molar-refractivity contribution in [3.63, 3.8) is 0 Å². The first-order valence-electron chi connectivity index (χ1n) is 12.1. The molecule has 3 aromatic carbocycles. The first kappa shape index (κ1) is 23.2. The van der Waals surface area contributed by atoms with Gasteiger partial charge in [-0.1, -0.05) is 44.2 Å². The molecule has 0 unspecified atom stereocenters. The minimum atomic E-state index is -0.385. The van der Waals surface area contributed by atoms with Gasteiger partial charge in [-0.2, -0.15) is 0 Å². The molecule has 3 aromatic rings. The van der Waals surface area contributed by atoms with Gasteiger partial charge < -0.3 is 14.6 Å². The van der Waals surface area contributed by atoms with E-state index in [9.17, 15) is 9.90 Å². The van der Waals surface area contributed by atoms with Gasteiger partial charge in [0.05, 0.1) is 17.9 Å². The lowest BCUT2D eigenvalue weighted by Gasteiger charge is -2.33. The van der Waals surface area contributed by atoms with Crippen molar-refractivity contribution in [2.24, 2.45) is 4.99 Å². The molecule has 0 aromatic heterocycles. The van der Waals surface area contributed by atoms with Gasteiger partial charge in [-0.3, -0.25) is 4.99 Å². The summed E-state index contributed by atoms with van der Waals surface area (Å²) in [4.78, 5) is 17.1. The molecule has 0 radical (unpaired) electrons. The second kappa shape index (κ2) is 8.26. The molecular weight excluding hydrogens is 438 g/mol. The van der Waals surface area contributed by atoms with E-state index in [1.807, 2.05) is 38.1 Å². The fourth-order valence-corrected chi connectivity index (χ4v) is 5.07. The number of aliphatic imine (C=N–C) groups is 1. The third-order valence-corrected chi connectivity index (χ3v) is 6.80. The molecule has 1 N–H and O–H groups in total. The van der Waals surface area contributed by atoms with Crippen molar-refractivity contribution in [2.75, 3.05) is 13.2 Å². The summed E-state index contributed by atoms with van der Waals surface area (Å²) in [6.07, 6.45) is 0.711. The fourth-order valence-electron chi connectivity index (χ4n) is 5.07. The van der Waals surface area contributed by atoms with Crippen molar-refractivity contribution in [3.05, 3.63) is 82.4 Å².